The number of sulfonamides is 1. The topological polar surface area (TPSA) is 109 Å². The van der Waals surface area contributed by atoms with Gasteiger partial charge in [0.2, 0.25) is 15.9 Å². The molecule has 4 bridgehead atoms. The molecule has 2 heterocycles. The van der Waals surface area contributed by atoms with Crippen molar-refractivity contribution >= 4 is 15.9 Å². The average Bonchev–Trinajstić information content (AvgIpc) is 2.79. The van der Waals surface area contributed by atoms with Gasteiger partial charge in [0, 0.05) is 18.4 Å². The summed E-state index contributed by atoms with van der Waals surface area (Å²) in [4.78, 5) is 13.2. The first-order chi connectivity index (χ1) is 16.9. The van der Waals surface area contributed by atoms with E-state index in [0.29, 0.717) is 25.9 Å². The number of amides is 1. The number of carbonyl (C=O) groups is 1. The summed E-state index contributed by atoms with van der Waals surface area (Å²) in [5.74, 6) is -0.333. The maximum absolute atomic E-state index is 13.4. The highest BCUT2D eigenvalue weighted by Crippen LogP contribution is 2.32. The molecule has 1 aromatic carbocycles. The molecule has 3 aliphatic rings. The Labute approximate surface area is 216 Å². The number of ether oxygens (including phenoxy) is 1. The Hall–Kier alpha value is -1.52. The molecule has 9 heteroatoms. The third-order valence-electron chi connectivity index (χ3n) is 7.87. The molecule has 1 aromatic rings. The largest absolute Gasteiger partial charge is 0.361 e. The Bertz CT molecular complexity index is 1020. The number of fused-ring (bicyclic) bond motifs is 4. The van der Waals surface area contributed by atoms with E-state index in [1.54, 1.807) is 0 Å². The standard InChI is InChI=1S/C27H44N4O4S/c1-17-8-6-9-18(2)24(17)22-15-23-30-26(29-22)31-36(33,34)21-11-7-10-19(14-21)25(32)28-20(16-35-23)12-13-27(3,4)5/h6,8-9,19-23,26,29-31H,7,10-16H2,1-5H3,(H,28,32)/t19?,20-,21?,22?,23?,26?/m1/s1. The molecule has 1 aliphatic carbocycles. The van der Waals surface area contributed by atoms with Crippen molar-refractivity contribution in [3.8, 4) is 0 Å². The van der Waals surface area contributed by atoms with Crippen LogP contribution in [0.25, 0.3) is 0 Å². The zero-order valence-corrected chi connectivity index (χ0v) is 23.2. The van der Waals surface area contributed by atoms with Gasteiger partial charge in [-0.3, -0.25) is 15.4 Å². The van der Waals surface area contributed by atoms with E-state index in [9.17, 15) is 13.2 Å². The van der Waals surface area contributed by atoms with Crippen molar-refractivity contribution in [3.05, 3.63) is 34.9 Å². The Balaban J connectivity index is 1.63. The van der Waals surface area contributed by atoms with E-state index in [0.717, 1.165) is 36.8 Å². The zero-order chi connectivity index (χ0) is 26.1. The molecule has 2 saturated heterocycles. The minimum Gasteiger partial charge on any atom is -0.361 e. The summed E-state index contributed by atoms with van der Waals surface area (Å²) >= 11 is 0. The third kappa shape index (κ3) is 6.86. The van der Waals surface area contributed by atoms with Crippen molar-refractivity contribution in [1.82, 2.24) is 20.7 Å². The third-order valence-corrected chi connectivity index (χ3v) is 9.74. The molecule has 5 unspecified atom stereocenters. The summed E-state index contributed by atoms with van der Waals surface area (Å²) < 4.78 is 36.1. The Morgan fingerprint density at radius 2 is 1.78 bits per heavy atom. The van der Waals surface area contributed by atoms with E-state index in [2.05, 4.69) is 67.4 Å². The predicted molar refractivity (Wildman–Crippen MR) is 141 cm³/mol. The van der Waals surface area contributed by atoms with Crippen LogP contribution in [0, 0.1) is 25.2 Å². The van der Waals surface area contributed by atoms with Gasteiger partial charge in [-0.15, -0.1) is 0 Å². The monoisotopic (exact) mass is 520 g/mol. The summed E-state index contributed by atoms with van der Waals surface area (Å²) in [7, 11) is -3.65. The van der Waals surface area contributed by atoms with Gasteiger partial charge in [0.05, 0.1) is 17.9 Å². The van der Waals surface area contributed by atoms with E-state index in [1.165, 1.54) is 5.56 Å². The van der Waals surface area contributed by atoms with E-state index in [-0.39, 0.29) is 35.6 Å². The van der Waals surface area contributed by atoms with Gasteiger partial charge in [-0.05, 0) is 68.1 Å². The van der Waals surface area contributed by atoms with Gasteiger partial charge in [0.25, 0.3) is 0 Å². The predicted octanol–water partition coefficient (Wildman–Crippen LogP) is 3.36. The SMILES string of the molecule is Cc1cccc(C)c1C1CC2NC(N1)NS(=O)(=O)C1CCCC(C1)C(=O)N[C@H](CCC(C)(C)C)CO2. The van der Waals surface area contributed by atoms with E-state index < -0.39 is 21.6 Å². The maximum atomic E-state index is 13.4. The van der Waals surface area contributed by atoms with Crippen LogP contribution in [0.5, 0.6) is 0 Å². The summed E-state index contributed by atoms with van der Waals surface area (Å²) in [5.41, 5.74) is 3.65. The minimum atomic E-state index is -3.65. The molecule has 1 amide bonds. The van der Waals surface area contributed by atoms with Crippen LogP contribution in [0.2, 0.25) is 0 Å². The normalized spacial score (nSPS) is 33.5. The first-order valence-electron chi connectivity index (χ1n) is 13.4. The number of aryl methyl sites for hydroxylation is 2. The number of hydrogen-bond donors (Lipinski definition) is 4. The van der Waals surface area contributed by atoms with Gasteiger partial charge in [-0.2, -0.15) is 4.72 Å². The maximum Gasteiger partial charge on any atom is 0.223 e. The molecule has 3 fully saturated rings. The molecule has 6 atom stereocenters. The number of nitrogens with one attached hydrogen (secondary N) is 4. The quantitative estimate of drug-likeness (QED) is 0.487. The highest BCUT2D eigenvalue weighted by Gasteiger charge is 2.39. The Morgan fingerprint density at radius 3 is 2.47 bits per heavy atom. The summed E-state index contributed by atoms with van der Waals surface area (Å²) in [5, 5.41) is 9.45. The lowest BCUT2D eigenvalue weighted by molar-refractivity contribution is -0.127. The van der Waals surface area contributed by atoms with Crippen LogP contribution in [0.1, 0.15) is 88.4 Å². The number of benzene rings is 1. The van der Waals surface area contributed by atoms with Crippen LogP contribution in [0.3, 0.4) is 0 Å². The lowest BCUT2D eigenvalue weighted by atomic mass is 9.87. The smallest absolute Gasteiger partial charge is 0.223 e. The summed E-state index contributed by atoms with van der Waals surface area (Å²) in [6.45, 7) is 11.2. The molecule has 0 aromatic heterocycles. The van der Waals surface area contributed by atoms with Gasteiger partial charge >= 0.3 is 0 Å². The molecular weight excluding hydrogens is 476 g/mol. The number of rotatable bonds is 3. The van der Waals surface area contributed by atoms with Crippen LogP contribution in [-0.4, -0.2) is 44.7 Å². The number of hydrogen-bond acceptors (Lipinski definition) is 6. The molecule has 0 spiro atoms. The van der Waals surface area contributed by atoms with Crippen molar-refractivity contribution < 1.29 is 17.9 Å². The fraction of sp³-hybridized carbons (Fsp3) is 0.741. The Morgan fingerprint density at radius 1 is 1.06 bits per heavy atom. The highest BCUT2D eigenvalue weighted by atomic mass is 32.2. The summed E-state index contributed by atoms with van der Waals surface area (Å²) in [6, 6.07) is 6.03. The first kappa shape index (κ1) is 27.5. The van der Waals surface area contributed by atoms with Gasteiger partial charge in [0.15, 0.2) is 0 Å². The average molecular weight is 521 g/mol. The molecule has 1 saturated carbocycles. The van der Waals surface area contributed by atoms with Crippen molar-refractivity contribution in [2.45, 2.75) is 109 Å². The molecule has 36 heavy (non-hydrogen) atoms. The lowest BCUT2D eigenvalue weighted by Gasteiger charge is -2.39. The highest BCUT2D eigenvalue weighted by molar-refractivity contribution is 7.90. The molecule has 4 N–H and O–H groups in total. The minimum absolute atomic E-state index is 0.0425. The van der Waals surface area contributed by atoms with Crippen LogP contribution in [0.15, 0.2) is 18.2 Å². The van der Waals surface area contributed by atoms with Crippen LogP contribution >= 0.6 is 0 Å². The summed E-state index contributed by atoms with van der Waals surface area (Å²) in [6.07, 6.45) is 3.77. The van der Waals surface area contributed by atoms with Gasteiger partial charge in [0.1, 0.15) is 12.5 Å². The van der Waals surface area contributed by atoms with Crippen molar-refractivity contribution in [3.63, 3.8) is 0 Å². The molecule has 202 valence electrons. The second kappa shape index (κ2) is 11.1. The zero-order valence-electron chi connectivity index (χ0n) is 22.4. The molecule has 4 rings (SSSR count). The fourth-order valence-corrected chi connectivity index (χ4v) is 7.45. The lowest BCUT2D eigenvalue weighted by Crippen LogP contribution is -2.64. The van der Waals surface area contributed by atoms with Crippen LogP contribution < -0.4 is 20.7 Å². The molecule has 2 aliphatic heterocycles. The molecular formula is C27H44N4O4S. The van der Waals surface area contributed by atoms with Crippen molar-refractivity contribution in [1.29, 1.82) is 0 Å². The first-order valence-corrected chi connectivity index (χ1v) is 15.0. The van der Waals surface area contributed by atoms with E-state index in [4.69, 9.17) is 4.74 Å². The van der Waals surface area contributed by atoms with Gasteiger partial charge in [-0.25, -0.2) is 8.42 Å². The number of carbonyl (C=O) groups excluding carboxylic acids is 1. The van der Waals surface area contributed by atoms with E-state index >= 15 is 0 Å². The second-order valence-corrected chi connectivity index (χ2v) is 14.1. The second-order valence-electron chi connectivity index (χ2n) is 12.1. The molecule has 8 nitrogen and oxygen atoms in total. The Kier molecular flexibility index (Phi) is 8.46. The van der Waals surface area contributed by atoms with Crippen LogP contribution in [-0.2, 0) is 19.6 Å². The van der Waals surface area contributed by atoms with Crippen LogP contribution in [0.4, 0.5) is 0 Å². The van der Waals surface area contributed by atoms with Crippen molar-refractivity contribution in [2.24, 2.45) is 11.3 Å². The fourth-order valence-electron chi connectivity index (χ4n) is 5.83. The van der Waals surface area contributed by atoms with Gasteiger partial charge < -0.3 is 10.1 Å². The van der Waals surface area contributed by atoms with Gasteiger partial charge in [-0.1, -0.05) is 45.4 Å². The molecule has 0 radical (unpaired) electrons. The van der Waals surface area contributed by atoms with E-state index in [1.807, 2.05) is 6.07 Å². The van der Waals surface area contributed by atoms with Crippen molar-refractivity contribution in [2.75, 3.05) is 6.61 Å².